The summed E-state index contributed by atoms with van der Waals surface area (Å²) in [5.41, 5.74) is -1.75. The van der Waals surface area contributed by atoms with Crippen LogP contribution in [0.3, 0.4) is 0 Å². The molecule has 3 rings (SSSR count). The molecule has 0 aliphatic heterocycles. The van der Waals surface area contributed by atoms with Gasteiger partial charge in [0.2, 0.25) is 0 Å². The minimum absolute atomic E-state index is 0.0989. The van der Waals surface area contributed by atoms with Crippen LogP contribution in [0.25, 0.3) is 0 Å². The smallest absolute Gasteiger partial charge is 0.408 e. The molecule has 0 spiro atoms. The monoisotopic (exact) mass is 479 g/mol. The molecule has 6 nitrogen and oxygen atoms in total. The molecule has 2 aromatic carbocycles. The standard InChI is InChI=1S/C21H22BrNO5S/c1-20(2,3)28-19(25)23-21(13-24)17(14-9-11-15(22)12-10-14)18(21)29(26,27)16-7-5-4-6-8-16/h4-13,17-18H,1-3H3,(H,23,25)/t17-,18-,21-/m0/s1. The second-order valence-corrected chi connectivity index (χ2v) is 11.0. The zero-order chi connectivity index (χ0) is 21.4. The number of carbonyl (C=O) groups excluding carboxylic acids is 2. The minimum atomic E-state index is -3.90. The molecule has 2 aromatic rings. The zero-order valence-corrected chi connectivity index (χ0v) is 18.7. The third-order valence-corrected chi connectivity index (χ3v) is 7.52. The summed E-state index contributed by atoms with van der Waals surface area (Å²) in [4.78, 5) is 24.7. The highest BCUT2D eigenvalue weighted by Gasteiger charge is 2.73. The molecule has 0 heterocycles. The lowest BCUT2D eigenvalue weighted by Crippen LogP contribution is -2.45. The van der Waals surface area contributed by atoms with Crippen molar-refractivity contribution in [3.8, 4) is 0 Å². The maximum absolute atomic E-state index is 13.3. The van der Waals surface area contributed by atoms with Crippen molar-refractivity contribution in [2.75, 3.05) is 0 Å². The fourth-order valence-corrected chi connectivity index (χ4v) is 6.02. The third-order valence-electron chi connectivity index (χ3n) is 4.73. The van der Waals surface area contributed by atoms with Gasteiger partial charge < -0.3 is 14.8 Å². The van der Waals surface area contributed by atoms with Crippen LogP contribution in [0.1, 0.15) is 32.3 Å². The van der Waals surface area contributed by atoms with Crippen LogP contribution in [0, 0.1) is 0 Å². The summed E-state index contributed by atoms with van der Waals surface area (Å²) in [6.07, 6.45) is -0.327. The maximum Gasteiger partial charge on any atom is 0.408 e. The lowest BCUT2D eigenvalue weighted by molar-refractivity contribution is -0.110. The van der Waals surface area contributed by atoms with E-state index in [1.165, 1.54) is 12.1 Å². The van der Waals surface area contributed by atoms with Gasteiger partial charge in [-0.25, -0.2) is 13.2 Å². The Morgan fingerprint density at radius 1 is 1.10 bits per heavy atom. The van der Waals surface area contributed by atoms with E-state index in [1.807, 2.05) is 0 Å². The van der Waals surface area contributed by atoms with Crippen molar-refractivity contribution < 1.29 is 22.7 Å². The Hall–Kier alpha value is -2.19. The SMILES string of the molecule is CC(C)(C)OC(=O)N[C@@]1(C=O)[C@@H](c2ccc(Br)cc2)[C@@H]1S(=O)(=O)c1ccccc1. The summed E-state index contributed by atoms with van der Waals surface area (Å²) in [5.74, 6) is -0.731. The number of amides is 1. The first-order valence-corrected chi connectivity index (χ1v) is 11.4. The highest BCUT2D eigenvalue weighted by molar-refractivity contribution is 9.10. The second kappa shape index (κ2) is 7.57. The Bertz CT molecular complexity index is 1020. The van der Waals surface area contributed by atoms with Crippen molar-refractivity contribution in [3.05, 3.63) is 64.6 Å². The van der Waals surface area contributed by atoms with Gasteiger partial charge >= 0.3 is 6.09 Å². The number of aldehydes is 1. The highest BCUT2D eigenvalue weighted by Crippen LogP contribution is 2.56. The van der Waals surface area contributed by atoms with Crippen molar-refractivity contribution in [1.82, 2.24) is 5.32 Å². The fraction of sp³-hybridized carbons (Fsp3) is 0.333. The van der Waals surface area contributed by atoms with Gasteiger partial charge in [0.25, 0.3) is 0 Å². The summed E-state index contributed by atoms with van der Waals surface area (Å²) in [6.45, 7) is 5.08. The first-order valence-electron chi connectivity index (χ1n) is 9.03. The number of ether oxygens (including phenoxy) is 1. The Morgan fingerprint density at radius 2 is 1.69 bits per heavy atom. The van der Waals surface area contributed by atoms with Gasteiger partial charge in [0.1, 0.15) is 22.7 Å². The van der Waals surface area contributed by atoms with Crippen LogP contribution in [0.5, 0.6) is 0 Å². The van der Waals surface area contributed by atoms with Crippen LogP contribution in [0.15, 0.2) is 64.0 Å². The van der Waals surface area contributed by atoms with E-state index in [0.717, 1.165) is 4.47 Å². The van der Waals surface area contributed by atoms with Gasteiger partial charge in [0, 0.05) is 10.4 Å². The van der Waals surface area contributed by atoms with Crippen LogP contribution < -0.4 is 5.32 Å². The molecular weight excluding hydrogens is 458 g/mol. The van der Waals surface area contributed by atoms with Crippen molar-refractivity contribution in [2.45, 2.75) is 48.0 Å². The molecule has 1 saturated carbocycles. The Morgan fingerprint density at radius 3 is 2.21 bits per heavy atom. The van der Waals surface area contributed by atoms with E-state index in [4.69, 9.17) is 4.74 Å². The number of nitrogens with one attached hydrogen (secondary N) is 1. The first kappa shape index (κ1) is 21.5. The number of rotatable bonds is 5. The summed E-state index contributed by atoms with van der Waals surface area (Å²) < 4.78 is 32.7. The predicted octanol–water partition coefficient (Wildman–Crippen LogP) is 3.85. The molecule has 1 amide bonds. The number of alkyl carbamates (subject to hydrolysis) is 1. The largest absolute Gasteiger partial charge is 0.444 e. The number of hydrogen-bond acceptors (Lipinski definition) is 5. The third kappa shape index (κ3) is 4.23. The highest BCUT2D eigenvalue weighted by atomic mass is 79.9. The molecule has 1 fully saturated rings. The normalized spacial score (nSPS) is 23.9. The van der Waals surface area contributed by atoms with Gasteiger partial charge in [0.15, 0.2) is 9.84 Å². The van der Waals surface area contributed by atoms with Crippen molar-refractivity contribution in [1.29, 1.82) is 0 Å². The van der Waals surface area contributed by atoms with Crippen LogP contribution >= 0.6 is 15.9 Å². The number of halogens is 1. The van der Waals surface area contributed by atoms with Crippen LogP contribution in [-0.2, 0) is 19.4 Å². The molecule has 0 saturated heterocycles. The molecule has 8 heteroatoms. The van der Waals surface area contributed by atoms with E-state index < -0.39 is 38.2 Å². The van der Waals surface area contributed by atoms with E-state index in [1.54, 1.807) is 63.2 Å². The maximum atomic E-state index is 13.3. The van der Waals surface area contributed by atoms with Gasteiger partial charge in [0.05, 0.1) is 4.90 Å². The van der Waals surface area contributed by atoms with Crippen molar-refractivity contribution in [2.24, 2.45) is 0 Å². The van der Waals surface area contributed by atoms with Gasteiger partial charge in [-0.2, -0.15) is 0 Å². The molecule has 0 bridgehead atoms. The topological polar surface area (TPSA) is 89.5 Å². The molecule has 154 valence electrons. The van der Waals surface area contributed by atoms with Crippen molar-refractivity contribution in [3.63, 3.8) is 0 Å². The lowest BCUT2D eigenvalue weighted by Gasteiger charge is -2.22. The van der Waals surface area contributed by atoms with Gasteiger partial charge in [-0.3, -0.25) is 0 Å². The van der Waals surface area contributed by atoms with Crippen LogP contribution in [0.4, 0.5) is 4.79 Å². The van der Waals surface area contributed by atoms with Crippen LogP contribution in [0.2, 0.25) is 0 Å². The first-order chi connectivity index (χ1) is 13.5. The molecule has 1 aliphatic rings. The average Bonchev–Trinajstić information content (AvgIpc) is 3.31. The van der Waals surface area contributed by atoms with E-state index >= 15 is 0 Å². The molecule has 29 heavy (non-hydrogen) atoms. The number of carbonyl (C=O) groups is 2. The number of hydrogen-bond donors (Lipinski definition) is 1. The minimum Gasteiger partial charge on any atom is -0.444 e. The molecule has 3 atom stereocenters. The summed E-state index contributed by atoms with van der Waals surface area (Å²) in [6, 6.07) is 14.9. The lowest BCUT2D eigenvalue weighted by atomic mass is 10.1. The van der Waals surface area contributed by atoms with E-state index in [-0.39, 0.29) is 4.90 Å². The van der Waals surface area contributed by atoms with Crippen LogP contribution in [-0.4, -0.2) is 37.2 Å². The summed E-state index contributed by atoms with van der Waals surface area (Å²) in [7, 11) is -3.90. The molecular formula is C21H22BrNO5S. The van der Waals surface area contributed by atoms with Gasteiger partial charge in [-0.05, 0) is 50.6 Å². The quantitative estimate of drug-likeness (QED) is 0.657. The van der Waals surface area contributed by atoms with E-state index in [2.05, 4.69) is 21.2 Å². The number of benzene rings is 2. The zero-order valence-electron chi connectivity index (χ0n) is 16.3. The molecule has 0 radical (unpaired) electrons. The molecule has 1 aliphatic carbocycles. The van der Waals surface area contributed by atoms with Crippen molar-refractivity contribution >= 4 is 38.1 Å². The summed E-state index contributed by atoms with van der Waals surface area (Å²) >= 11 is 3.35. The van der Waals surface area contributed by atoms with E-state index in [9.17, 15) is 18.0 Å². The number of sulfone groups is 1. The van der Waals surface area contributed by atoms with E-state index in [0.29, 0.717) is 11.8 Å². The second-order valence-electron chi connectivity index (χ2n) is 7.99. The summed E-state index contributed by atoms with van der Waals surface area (Å²) in [5, 5.41) is 1.41. The Labute approximate surface area is 178 Å². The fourth-order valence-electron chi connectivity index (χ4n) is 3.49. The van der Waals surface area contributed by atoms with Gasteiger partial charge in [-0.1, -0.05) is 46.3 Å². The molecule has 1 N–H and O–H groups in total. The molecule has 0 aromatic heterocycles. The molecule has 0 unspecified atom stereocenters. The van der Waals surface area contributed by atoms with Gasteiger partial charge in [-0.15, -0.1) is 0 Å². The predicted molar refractivity (Wildman–Crippen MR) is 112 cm³/mol. The Kier molecular flexibility index (Phi) is 5.62. The average molecular weight is 480 g/mol. The Balaban J connectivity index is 2.04.